The summed E-state index contributed by atoms with van der Waals surface area (Å²) in [7, 11) is -0.481. The zero-order valence-corrected chi connectivity index (χ0v) is 12.1. The molecule has 104 valence electrons. The Morgan fingerprint density at radius 1 is 1.10 bits per heavy atom. The summed E-state index contributed by atoms with van der Waals surface area (Å²) in [6, 6.07) is 1.81. The number of imidazole rings is 1. The van der Waals surface area contributed by atoms with Gasteiger partial charge in [0.05, 0.1) is 16.8 Å². The highest BCUT2D eigenvalue weighted by Gasteiger charge is 2.52. The summed E-state index contributed by atoms with van der Waals surface area (Å²) in [5, 5.41) is 0. The predicted molar refractivity (Wildman–Crippen MR) is 74.9 cm³/mol. The van der Waals surface area contributed by atoms with Gasteiger partial charge in [-0.2, -0.15) is 0 Å². The van der Waals surface area contributed by atoms with Crippen LogP contribution in [0.5, 0.6) is 0 Å². The van der Waals surface area contributed by atoms with Crippen LogP contribution in [0, 0.1) is 0 Å². The van der Waals surface area contributed by atoms with E-state index in [1.807, 2.05) is 33.8 Å². The second-order valence-electron chi connectivity index (χ2n) is 5.84. The molecule has 0 amide bonds. The average molecular weight is 272 g/mol. The quantitative estimate of drug-likeness (QED) is 0.762. The second-order valence-corrected chi connectivity index (χ2v) is 5.84. The zero-order chi connectivity index (χ0) is 14.4. The van der Waals surface area contributed by atoms with Crippen LogP contribution in [0.1, 0.15) is 27.7 Å². The molecule has 0 spiro atoms. The molecular weight excluding hydrogens is 255 g/mol. The van der Waals surface area contributed by atoms with Gasteiger partial charge in [0, 0.05) is 18.6 Å². The molecule has 2 aromatic heterocycles. The molecule has 1 fully saturated rings. The van der Waals surface area contributed by atoms with E-state index >= 15 is 0 Å². The van der Waals surface area contributed by atoms with Gasteiger partial charge in [-0.15, -0.1) is 0 Å². The van der Waals surface area contributed by atoms with Crippen LogP contribution in [-0.2, 0) is 9.31 Å². The number of aromatic nitrogens is 4. The molecule has 3 heterocycles. The van der Waals surface area contributed by atoms with Crippen molar-refractivity contribution >= 4 is 12.7 Å². The lowest BCUT2D eigenvalue weighted by atomic mass is 9.85. The molecule has 0 N–H and O–H groups in total. The van der Waals surface area contributed by atoms with Gasteiger partial charge < -0.3 is 9.31 Å². The maximum atomic E-state index is 5.99. The highest BCUT2D eigenvalue weighted by molar-refractivity contribution is 6.61. The van der Waals surface area contributed by atoms with Crippen LogP contribution in [0.4, 0.5) is 0 Å². The van der Waals surface area contributed by atoms with Gasteiger partial charge >= 0.3 is 7.12 Å². The lowest BCUT2D eigenvalue weighted by molar-refractivity contribution is 0.00578. The molecule has 3 rings (SSSR count). The minimum atomic E-state index is -0.481. The van der Waals surface area contributed by atoms with Gasteiger partial charge in [0.25, 0.3) is 0 Å². The third kappa shape index (κ3) is 2.12. The Bertz CT molecular complexity index is 597. The zero-order valence-electron chi connectivity index (χ0n) is 12.1. The third-order valence-corrected chi connectivity index (χ3v) is 3.89. The fourth-order valence-corrected chi connectivity index (χ4v) is 1.96. The summed E-state index contributed by atoms with van der Waals surface area (Å²) in [6.07, 6.45) is 6.83. The Kier molecular flexibility index (Phi) is 2.91. The third-order valence-electron chi connectivity index (χ3n) is 3.89. The van der Waals surface area contributed by atoms with Crippen molar-refractivity contribution in [1.29, 1.82) is 0 Å². The fourth-order valence-electron chi connectivity index (χ4n) is 1.96. The van der Waals surface area contributed by atoms with E-state index in [1.165, 1.54) is 0 Å². The largest absolute Gasteiger partial charge is 0.514 e. The summed E-state index contributed by atoms with van der Waals surface area (Å²) in [6.45, 7) is 8.08. The monoisotopic (exact) mass is 272 g/mol. The Morgan fingerprint density at radius 3 is 2.40 bits per heavy atom. The summed E-state index contributed by atoms with van der Waals surface area (Å²) >= 11 is 0. The first-order chi connectivity index (χ1) is 9.39. The van der Waals surface area contributed by atoms with Crippen molar-refractivity contribution < 1.29 is 9.31 Å². The van der Waals surface area contributed by atoms with Gasteiger partial charge in [-0.05, 0) is 33.8 Å². The van der Waals surface area contributed by atoms with E-state index in [0.717, 1.165) is 0 Å². The van der Waals surface area contributed by atoms with Crippen LogP contribution in [0.2, 0.25) is 0 Å². The average Bonchev–Trinajstić information content (AvgIpc) is 2.97. The van der Waals surface area contributed by atoms with Gasteiger partial charge in [-0.25, -0.2) is 15.0 Å². The Morgan fingerprint density at radius 2 is 1.80 bits per heavy atom. The Labute approximate surface area is 118 Å². The van der Waals surface area contributed by atoms with E-state index in [0.29, 0.717) is 11.5 Å². The first-order valence-corrected chi connectivity index (χ1v) is 6.56. The van der Waals surface area contributed by atoms with Crippen LogP contribution >= 0.6 is 0 Å². The standard InChI is InChI=1S/C13H17BN4O2/c1-12(2)13(3,4)20-14(19-12)10-5-6-16-11(17-10)18-8-7-15-9-18/h5-9H,1-4H3. The van der Waals surface area contributed by atoms with E-state index in [2.05, 4.69) is 15.0 Å². The molecule has 2 aromatic rings. The lowest BCUT2D eigenvalue weighted by Gasteiger charge is -2.32. The minimum Gasteiger partial charge on any atom is -0.398 e. The van der Waals surface area contributed by atoms with Crippen molar-refractivity contribution in [3.63, 3.8) is 0 Å². The molecule has 0 aromatic carbocycles. The molecule has 7 heteroatoms. The molecule has 0 bridgehead atoms. The molecule has 0 saturated carbocycles. The minimum absolute atomic E-state index is 0.377. The number of rotatable bonds is 2. The Balaban J connectivity index is 1.91. The first kappa shape index (κ1) is 13.3. The first-order valence-electron chi connectivity index (χ1n) is 6.56. The van der Waals surface area contributed by atoms with E-state index in [-0.39, 0.29) is 11.2 Å². The molecule has 0 atom stereocenters. The van der Waals surface area contributed by atoms with Crippen LogP contribution in [0.3, 0.4) is 0 Å². The highest BCUT2D eigenvalue weighted by atomic mass is 16.7. The Hall–Kier alpha value is -1.73. The summed E-state index contributed by atoms with van der Waals surface area (Å²) in [5.74, 6) is 0.551. The van der Waals surface area contributed by atoms with Crippen molar-refractivity contribution in [3.8, 4) is 5.95 Å². The number of hydrogen-bond donors (Lipinski definition) is 0. The molecule has 20 heavy (non-hydrogen) atoms. The van der Waals surface area contributed by atoms with Gasteiger partial charge in [0.2, 0.25) is 5.95 Å². The fraction of sp³-hybridized carbons (Fsp3) is 0.462. The van der Waals surface area contributed by atoms with Crippen LogP contribution < -0.4 is 5.59 Å². The molecule has 1 aliphatic heterocycles. The molecule has 1 aliphatic rings. The molecule has 1 saturated heterocycles. The topological polar surface area (TPSA) is 62.1 Å². The van der Waals surface area contributed by atoms with Crippen molar-refractivity contribution in [2.24, 2.45) is 0 Å². The van der Waals surface area contributed by atoms with Gasteiger partial charge in [0.1, 0.15) is 6.33 Å². The summed E-state index contributed by atoms with van der Waals surface area (Å²) in [5.41, 5.74) is -0.0439. The smallest absolute Gasteiger partial charge is 0.398 e. The number of hydrogen-bond acceptors (Lipinski definition) is 5. The van der Waals surface area contributed by atoms with Crippen molar-refractivity contribution in [2.45, 2.75) is 38.9 Å². The van der Waals surface area contributed by atoms with E-state index in [9.17, 15) is 0 Å². The SMILES string of the molecule is CC1(C)OB(c2ccnc(-n3ccnc3)n2)OC1(C)C. The molecule has 0 radical (unpaired) electrons. The van der Waals surface area contributed by atoms with E-state index in [1.54, 1.807) is 29.5 Å². The van der Waals surface area contributed by atoms with Crippen molar-refractivity contribution in [2.75, 3.05) is 0 Å². The van der Waals surface area contributed by atoms with Crippen molar-refractivity contribution in [3.05, 3.63) is 31.0 Å². The van der Waals surface area contributed by atoms with Gasteiger partial charge in [0.15, 0.2) is 0 Å². The van der Waals surface area contributed by atoms with Crippen LogP contribution in [-0.4, -0.2) is 37.8 Å². The van der Waals surface area contributed by atoms with E-state index in [4.69, 9.17) is 9.31 Å². The van der Waals surface area contributed by atoms with Gasteiger partial charge in [-0.1, -0.05) is 0 Å². The highest BCUT2D eigenvalue weighted by Crippen LogP contribution is 2.36. The van der Waals surface area contributed by atoms with E-state index < -0.39 is 7.12 Å². The molecule has 6 nitrogen and oxygen atoms in total. The van der Waals surface area contributed by atoms with Crippen LogP contribution in [0.15, 0.2) is 31.0 Å². The summed E-state index contributed by atoms with van der Waals surface area (Å²) < 4.78 is 13.7. The number of nitrogens with zero attached hydrogens (tertiary/aromatic N) is 4. The lowest BCUT2D eigenvalue weighted by Crippen LogP contribution is -2.41. The van der Waals surface area contributed by atoms with Crippen molar-refractivity contribution in [1.82, 2.24) is 19.5 Å². The molecular formula is C13H17BN4O2. The second kappa shape index (κ2) is 4.39. The van der Waals surface area contributed by atoms with Gasteiger partial charge in [-0.3, -0.25) is 4.57 Å². The maximum absolute atomic E-state index is 5.99. The molecule has 0 unspecified atom stereocenters. The maximum Gasteiger partial charge on any atom is 0.514 e. The molecule has 0 aliphatic carbocycles. The normalized spacial score (nSPS) is 20.3. The summed E-state index contributed by atoms with van der Waals surface area (Å²) in [4.78, 5) is 12.7. The predicted octanol–water partition coefficient (Wildman–Crippen LogP) is 0.961. The van der Waals surface area contributed by atoms with Crippen LogP contribution in [0.25, 0.3) is 5.95 Å².